The van der Waals surface area contributed by atoms with Crippen molar-refractivity contribution >= 4 is 26.6 Å². The Morgan fingerprint density at radius 3 is 2.42 bits per heavy atom. The van der Waals surface area contributed by atoms with E-state index in [2.05, 4.69) is 4.98 Å². The van der Waals surface area contributed by atoms with Gasteiger partial charge in [-0.15, -0.1) is 0 Å². The Bertz CT molecular complexity index is 1610. The maximum Gasteiger partial charge on any atom is 0.253 e. The van der Waals surface area contributed by atoms with E-state index >= 15 is 0 Å². The van der Waals surface area contributed by atoms with Gasteiger partial charge in [-0.05, 0) is 48.4 Å². The van der Waals surface area contributed by atoms with E-state index in [1.54, 1.807) is 60.5 Å². The van der Waals surface area contributed by atoms with Crippen molar-refractivity contribution in [2.45, 2.75) is 24.1 Å². The number of aromatic nitrogens is 1. The predicted octanol–water partition coefficient (Wildman–Crippen LogP) is 4.75. The second-order valence-electron chi connectivity index (χ2n) is 9.51. The number of hydrogen-bond acceptors (Lipinski definition) is 5. The molecule has 0 atom stereocenters. The number of sulfone groups is 1. The van der Waals surface area contributed by atoms with Gasteiger partial charge < -0.3 is 4.90 Å². The predicted molar refractivity (Wildman–Crippen MR) is 141 cm³/mol. The highest BCUT2D eigenvalue weighted by Crippen LogP contribution is 2.26. The molecule has 0 N–H and O–H groups in total. The topological polar surface area (TPSA) is 70.6 Å². The van der Waals surface area contributed by atoms with Crippen molar-refractivity contribution in [2.75, 3.05) is 26.2 Å². The molecule has 1 saturated heterocycles. The van der Waals surface area contributed by atoms with Crippen LogP contribution in [0.4, 0.5) is 8.78 Å². The molecule has 1 aliphatic heterocycles. The molecule has 0 aliphatic carbocycles. The van der Waals surface area contributed by atoms with E-state index in [1.807, 2.05) is 17.0 Å². The molecule has 0 spiro atoms. The summed E-state index contributed by atoms with van der Waals surface area (Å²) in [5, 5.41) is 0.757. The Kier molecular flexibility index (Phi) is 7.23. The maximum absolute atomic E-state index is 14.0. The molecule has 0 radical (unpaired) electrons. The molecule has 1 amide bonds. The number of amides is 1. The van der Waals surface area contributed by atoms with Crippen molar-refractivity contribution in [3.05, 3.63) is 107 Å². The molecule has 0 unspecified atom stereocenters. The van der Waals surface area contributed by atoms with Crippen molar-refractivity contribution in [1.82, 2.24) is 14.8 Å². The summed E-state index contributed by atoms with van der Waals surface area (Å²) in [7, 11) is -3.67. The number of halogens is 2. The lowest BCUT2D eigenvalue weighted by Crippen LogP contribution is -2.48. The van der Waals surface area contributed by atoms with Gasteiger partial charge in [0.2, 0.25) is 0 Å². The van der Waals surface area contributed by atoms with Gasteiger partial charge in [0.25, 0.3) is 5.91 Å². The van der Waals surface area contributed by atoms with Gasteiger partial charge in [0.05, 0.1) is 16.2 Å². The normalized spacial score (nSPS) is 14.7. The minimum Gasteiger partial charge on any atom is -0.336 e. The lowest BCUT2D eigenvalue weighted by Gasteiger charge is -2.35. The molecule has 1 aliphatic rings. The summed E-state index contributed by atoms with van der Waals surface area (Å²) < 4.78 is 54.1. The van der Waals surface area contributed by atoms with Crippen LogP contribution in [0.3, 0.4) is 0 Å². The first-order valence-corrected chi connectivity index (χ1v) is 14.0. The van der Waals surface area contributed by atoms with Crippen LogP contribution in [-0.2, 0) is 22.1 Å². The monoisotopic (exact) mass is 535 g/mol. The Balaban J connectivity index is 1.25. The third-order valence-electron chi connectivity index (χ3n) is 6.95. The van der Waals surface area contributed by atoms with Crippen molar-refractivity contribution in [1.29, 1.82) is 0 Å². The summed E-state index contributed by atoms with van der Waals surface area (Å²) in [6.45, 7) is 4.07. The number of benzene rings is 3. The molecule has 1 fully saturated rings. The number of aryl methyl sites for hydroxylation is 1. The number of carbonyl (C=O) groups is 1. The molecule has 0 saturated carbocycles. The van der Waals surface area contributed by atoms with Gasteiger partial charge in [-0.1, -0.05) is 36.4 Å². The minimum absolute atomic E-state index is 0.141. The fourth-order valence-electron chi connectivity index (χ4n) is 4.80. The molecular weight excluding hydrogens is 508 g/mol. The van der Waals surface area contributed by atoms with Crippen molar-refractivity contribution in [2.24, 2.45) is 0 Å². The summed E-state index contributed by atoms with van der Waals surface area (Å²) >= 11 is 0. The average molecular weight is 536 g/mol. The maximum atomic E-state index is 14.0. The summed E-state index contributed by atoms with van der Waals surface area (Å²) in [6.07, 6.45) is 1.58. The quantitative estimate of drug-likeness (QED) is 0.356. The van der Waals surface area contributed by atoms with Crippen LogP contribution in [0.15, 0.2) is 77.8 Å². The molecule has 6 nitrogen and oxygen atoms in total. The number of para-hydroxylation sites is 1. The zero-order valence-corrected chi connectivity index (χ0v) is 21.7. The highest BCUT2D eigenvalue weighted by atomic mass is 32.2. The Labute approximate surface area is 220 Å². The summed E-state index contributed by atoms with van der Waals surface area (Å²) in [4.78, 5) is 21.3. The zero-order chi connectivity index (χ0) is 26.9. The minimum atomic E-state index is -3.67. The van der Waals surface area contributed by atoms with E-state index in [1.165, 1.54) is 6.07 Å². The van der Waals surface area contributed by atoms with Crippen LogP contribution in [0.25, 0.3) is 10.9 Å². The third-order valence-corrected chi connectivity index (χ3v) is 8.64. The van der Waals surface area contributed by atoms with Gasteiger partial charge in [0.15, 0.2) is 21.5 Å². The van der Waals surface area contributed by atoms with Crippen LogP contribution in [-0.4, -0.2) is 55.3 Å². The van der Waals surface area contributed by atoms with Gasteiger partial charge in [-0.25, -0.2) is 17.2 Å². The lowest BCUT2D eigenvalue weighted by molar-refractivity contribution is 0.0626. The van der Waals surface area contributed by atoms with Crippen LogP contribution < -0.4 is 0 Å². The van der Waals surface area contributed by atoms with Gasteiger partial charge in [-0.3, -0.25) is 14.7 Å². The zero-order valence-electron chi connectivity index (χ0n) is 20.9. The first-order valence-electron chi connectivity index (χ1n) is 12.3. The molecule has 2 heterocycles. The van der Waals surface area contributed by atoms with E-state index in [9.17, 15) is 22.0 Å². The highest BCUT2D eigenvalue weighted by Gasteiger charge is 2.25. The average Bonchev–Trinajstić information content (AvgIpc) is 2.92. The number of rotatable bonds is 6. The molecule has 3 aromatic carbocycles. The smallest absolute Gasteiger partial charge is 0.253 e. The van der Waals surface area contributed by atoms with Gasteiger partial charge in [0, 0.05) is 55.4 Å². The number of piperazine rings is 1. The van der Waals surface area contributed by atoms with E-state index < -0.39 is 21.5 Å². The molecule has 9 heteroatoms. The van der Waals surface area contributed by atoms with E-state index in [0.29, 0.717) is 53.9 Å². The SMILES string of the molecule is Cc1cc(C(=O)N2CCN(Cc3cccc(F)c3F)CC2)ccc1CS(=O)(=O)c1cccc2cccnc12. The van der Waals surface area contributed by atoms with E-state index in [0.717, 1.165) is 11.5 Å². The molecule has 1 aromatic heterocycles. The first-order chi connectivity index (χ1) is 18.2. The fraction of sp³-hybridized carbons (Fsp3) is 0.241. The van der Waals surface area contributed by atoms with Crippen molar-refractivity contribution in [3.8, 4) is 0 Å². The lowest BCUT2D eigenvalue weighted by atomic mass is 10.1. The van der Waals surface area contributed by atoms with Crippen LogP contribution in [0.1, 0.15) is 27.0 Å². The van der Waals surface area contributed by atoms with Crippen LogP contribution in [0, 0.1) is 18.6 Å². The fourth-order valence-corrected chi connectivity index (χ4v) is 6.44. The molecular formula is C29H27F2N3O3S. The summed E-state index contributed by atoms with van der Waals surface area (Å²) in [5.74, 6) is -2.03. The number of fused-ring (bicyclic) bond motifs is 1. The van der Waals surface area contributed by atoms with Gasteiger partial charge >= 0.3 is 0 Å². The Morgan fingerprint density at radius 1 is 0.921 bits per heavy atom. The van der Waals surface area contributed by atoms with Crippen molar-refractivity contribution < 1.29 is 22.0 Å². The van der Waals surface area contributed by atoms with E-state index in [-0.39, 0.29) is 23.1 Å². The summed E-state index contributed by atoms with van der Waals surface area (Å²) in [6, 6.07) is 17.9. The number of hydrogen-bond donors (Lipinski definition) is 0. The van der Waals surface area contributed by atoms with Crippen LogP contribution in [0.2, 0.25) is 0 Å². The highest BCUT2D eigenvalue weighted by molar-refractivity contribution is 7.90. The number of carbonyl (C=O) groups excluding carboxylic acids is 1. The molecule has 196 valence electrons. The first kappa shape index (κ1) is 25.9. The Hall–Kier alpha value is -3.69. The molecule has 38 heavy (non-hydrogen) atoms. The van der Waals surface area contributed by atoms with Gasteiger partial charge in [-0.2, -0.15) is 0 Å². The van der Waals surface area contributed by atoms with Crippen LogP contribution in [0.5, 0.6) is 0 Å². The molecule has 0 bridgehead atoms. The van der Waals surface area contributed by atoms with Gasteiger partial charge in [0.1, 0.15) is 0 Å². The second-order valence-corrected chi connectivity index (χ2v) is 11.5. The van der Waals surface area contributed by atoms with E-state index in [4.69, 9.17) is 0 Å². The largest absolute Gasteiger partial charge is 0.336 e. The third kappa shape index (κ3) is 5.30. The van der Waals surface area contributed by atoms with Crippen molar-refractivity contribution in [3.63, 3.8) is 0 Å². The standard InChI is InChI=1S/C29H27F2N3O3S/c1-20-17-22(29(35)34-15-13-33(14-16-34)18-23-6-2-8-25(30)27(23)31)10-11-24(20)19-38(36,37)26-9-3-5-21-7-4-12-32-28(21)26/h2-12,17H,13-16,18-19H2,1H3. The Morgan fingerprint density at radius 2 is 1.66 bits per heavy atom. The number of nitrogens with zero attached hydrogens (tertiary/aromatic N) is 3. The summed E-state index contributed by atoms with van der Waals surface area (Å²) in [5.41, 5.74) is 2.56. The second kappa shape index (κ2) is 10.6. The molecule has 4 aromatic rings. The molecule has 5 rings (SSSR count). The number of pyridine rings is 1. The van der Waals surface area contributed by atoms with Crippen LogP contribution >= 0.6 is 0 Å².